The lowest BCUT2D eigenvalue weighted by atomic mass is 10.2. The molecule has 0 saturated heterocycles. The summed E-state index contributed by atoms with van der Waals surface area (Å²) in [7, 11) is 0. The van der Waals surface area contributed by atoms with Gasteiger partial charge in [0, 0.05) is 29.7 Å². The number of nitrogens with zero attached hydrogens (tertiary/aromatic N) is 3. The van der Waals surface area contributed by atoms with Gasteiger partial charge in [0.05, 0.1) is 5.69 Å². The lowest BCUT2D eigenvalue weighted by molar-refractivity contribution is -0.141. The number of anilines is 4. The van der Waals surface area contributed by atoms with Crippen molar-refractivity contribution < 1.29 is 17.9 Å². The number of alkyl halides is 3. The minimum absolute atomic E-state index is 0.0316. The zero-order chi connectivity index (χ0) is 24.1. The Hall–Kier alpha value is -4.60. The fourth-order valence-electron chi connectivity index (χ4n) is 2.94. The average molecular weight is 464 g/mol. The zero-order valence-corrected chi connectivity index (χ0v) is 17.6. The van der Waals surface area contributed by atoms with Crippen molar-refractivity contribution in [1.82, 2.24) is 15.0 Å². The van der Waals surface area contributed by atoms with E-state index in [1.807, 2.05) is 18.2 Å². The van der Waals surface area contributed by atoms with Crippen LogP contribution in [0, 0.1) is 0 Å². The van der Waals surface area contributed by atoms with Crippen LogP contribution in [0.1, 0.15) is 17.0 Å². The lowest BCUT2D eigenvalue weighted by Crippen LogP contribution is -2.07. The summed E-state index contributed by atoms with van der Waals surface area (Å²) < 4.78 is 44.0. The first-order valence-corrected chi connectivity index (χ1v) is 10.0. The van der Waals surface area contributed by atoms with Gasteiger partial charge >= 0.3 is 6.18 Å². The Morgan fingerprint density at radius 3 is 2.26 bits per heavy atom. The number of ether oxygens (including phenoxy) is 1. The fraction of sp³-hybridized carbons (Fsp3) is 0.0417. The first kappa shape index (κ1) is 22.6. The van der Waals surface area contributed by atoms with Gasteiger partial charge < -0.3 is 21.5 Å². The Morgan fingerprint density at radius 2 is 1.56 bits per heavy atom. The van der Waals surface area contributed by atoms with E-state index in [-0.39, 0.29) is 11.7 Å². The monoisotopic (exact) mass is 464 g/mol. The largest absolute Gasteiger partial charge is 0.457 e. The van der Waals surface area contributed by atoms with E-state index in [0.717, 1.165) is 17.8 Å². The molecule has 0 amide bonds. The van der Waals surface area contributed by atoms with E-state index in [9.17, 15) is 13.2 Å². The number of benzene rings is 2. The summed E-state index contributed by atoms with van der Waals surface area (Å²) in [5.74, 6) is 0.963. The second-order valence-electron chi connectivity index (χ2n) is 7.16. The van der Waals surface area contributed by atoms with Crippen LogP contribution in [-0.2, 0) is 6.18 Å². The molecule has 0 bridgehead atoms. The second-order valence-corrected chi connectivity index (χ2v) is 7.16. The molecule has 4 aromatic rings. The molecular formula is C24H19F3N6O. The summed E-state index contributed by atoms with van der Waals surface area (Å²) in [6.45, 7) is 0. The fourth-order valence-corrected chi connectivity index (χ4v) is 2.94. The number of nitrogen functional groups attached to an aromatic ring is 2. The second kappa shape index (κ2) is 9.49. The van der Waals surface area contributed by atoms with E-state index in [0.29, 0.717) is 28.6 Å². The number of hydrogen-bond donors (Lipinski definition) is 3. The van der Waals surface area contributed by atoms with Crippen molar-refractivity contribution in [1.29, 1.82) is 0 Å². The molecule has 4 rings (SSSR count). The van der Waals surface area contributed by atoms with Crippen LogP contribution in [-0.4, -0.2) is 15.0 Å². The summed E-state index contributed by atoms with van der Waals surface area (Å²) in [5.41, 5.74) is 13.4. The maximum Gasteiger partial charge on any atom is 0.433 e. The van der Waals surface area contributed by atoms with Gasteiger partial charge in [0.2, 0.25) is 5.95 Å². The molecule has 2 aromatic heterocycles. The molecule has 0 aliphatic carbocycles. The molecule has 0 unspecified atom stereocenters. The summed E-state index contributed by atoms with van der Waals surface area (Å²) in [5, 5.41) is 3.12. The maximum absolute atomic E-state index is 12.8. The molecule has 0 spiro atoms. The van der Waals surface area contributed by atoms with Crippen LogP contribution in [0.4, 0.5) is 36.3 Å². The molecule has 0 fully saturated rings. The summed E-state index contributed by atoms with van der Waals surface area (Å²) >= 11 is 0. The third-order valence-electron chi connectivity index (χ3n) is 4.53. The summed E-state index contributed by atoms with van der Waals surface area (Å²) in [6.07, 6.45) is 0.179. The highest BCUT2D eigenvalue weighted by atomic mass is 19.4. The van der Waals surface area contributed by atoms with Gasteiger partial charge in [-0.05, 0) is 54.1 Å². The SMILES string of the molecule is Nc1ccc(/C=C\c2cc(Nc3ccc(Oc4ccnc(C(F)(F)F)c4)cc3)nc(N)n2)cc1. The van der Waals surface area contributed by atoms with Gasteiger partial charge in [-0.2, -0.15) is 18.2 Å². The number of aromatic nitrogens is 3. The van der Waals surface area contributed by atoms with Gasteiger partial charge in [0.15, 0.2) is 0 Å². The molecule has 0 atom stereocenters. The lowest BCUT2D eigenvalue weighted by Gasteiger charge is -2.10. The predicted octanol–water partition coefficient (Wildman–Crippen LogP) is 5.76. The summed E-state index contributed by atoms with van der Waals surface area (Å²) in [4.78, 5) is 11.7. The maximum atomic E-state index is 12.8. The van der Waals surface area contributed by atoms with Gasteiger partial charge in [-0.25, -0.2) is 4.98 Å². The minimum atomic E-state index is -4.55. The Bertz CT molecular complexity index is 1310. The molecule has 2 heterocycles. The molecule has 34 heavy (non-hydrogen) atoms. The predicted molar refractivity (Wildman–Crippen MR) is 125 cm³/mol. The Balaban J connectivity index is 1.44. The van der Waals surface area contributed by atoms with Crippen molar-refractivity contribution in [3.05, 3.63) is 89.9 Å². The van der Waals surface area contributed by atoms with Crippen LogP contribution in [0.5, 0.6) is 11.5 Å². The topological polar surface area (TPSA) is 112 Å². The van der Waals surface area contributed by atoms with Crippen LogP contribution in [0.2, 0.25) is 0 Å². The highest BCUT2D eigenvalue weighted by molar-refractivity contribution is 5.71. The van der Waals surface area contributed by atoms with E-state index in [4.69, 9.17) is 16.2 Å². The average Bonchev–Trinajstić information content (AvgIpc) is 2.79. The van der Waals surface area contributed by atoms with Crippen LogP contribution < -0.4 is 21.5 Å². The van der Waals surface area contributed by atoms with Crippen molar-refractivity contribution in [3.8, 4) is 11.5 Å². The van der Waals surface area contributed by atoms with E-state index < -0.39 is 11.9 Å². The minimum Gasteiger partial charge on any atom is -0.457 e. The highest BCUT2D eigenvalue weighted by Crippen LogP contribution is 2.31. The number of hydrogen-bond acceptors (Lipinski definition) is 7. The van der Waals surface area contributed by atoms with Gasteiger partial charge in [-0.3, -0.25) is 4.98 Å². The van der Waals surface area contributed by atoms with Crippen molar-refractivity contribution in [2.75, 3.05) is 16.8 Å². The van der Waals surface area contributed by atoms with Gasteiger partial charge in [0.25, 0.3) is 0 Å². The zero-order valence-electron chi connectivity index (χ0n) is 17.6. The molecular weight excluding hydrogens is 445 g/mol. The normalized spacial score (nSPS) is 11.5. The van der Waals surface area contributed by atoms with Crippen LogP contribution in [0.15, 0.2) is 72.9 Å². The molecule has 5 N–H and O–H groups in total. The third-order valence-corrected chi connectivity index (χ3v) is 4.53. The standard InChI is InChI=1S/C24H19F3N6O/c25-24(26,27)21-14-20(11-12-30-21)34-19-9-7-17(8-10-19)31-22-13-18(32-23(29)33-22)6-3-15-1-4-16(28)5-2-15/h1-14H,28H2,(H3,29,31,32,33)/b6-3-. The van der Waals surface area contributed by atoms with Crippen LogP contribution >= 0.6 is 0 Å². The smallest absolute Gasteiger partial charge is 0.433 e. The molecule has 0 saturated carbocycles. The van der Waals surface area contributed by atoms with Gasteiger partial charge in [0.1, 0.15) is 23.0 Å². The molecule has 2 aromatic carbocycles. The Labute approximate surface area is 193 Å². The number of pyridine rings is 1. The molecule has 0 radical (unpaired) electrons. The quantitative estimate of drug-likeness (QED) is 0.311. The van der Waals surface area contributed by atoms with E-state index in [1.165, 1.54) is 6.07 Å². The third kappa shape index (κ3) is 6.00. The Kier molecular flexibility index (Phi) is 6.30. The molecule has 7 nitrogen and oxygen atoms in total. The van der Waals surface area contributed by atoms with Crippen molar-refractivity contribution in [3.63, 3.8) is 0 Å². The van der Waals surface area contributed by atoms with Crippen molar-refractivity contribution in [2.45, 2.75) is 6.18 Å². The Morgan fingerprint density at radius 1 is 0.824 bits per heavy atom. The van der Waals surface area contributed by atoms with E-state index in [1.54, 1.807) is 48.5 Å². The van der Waals surface area contributed by atoms with Crippen molar-refractivity contribution in [2.24, 2.45) is 0 Å². The van der Waals surface area contributed by atoms with Crippen LogP contribution in [0.3, 0.4) is 0 Å². The number of nitrogens with one attached hydrogen (secondary N) is 1. The molecule has 172 valence electrons. The summed E-state index contributed by atoms with van der Waals surface area (Å²) in [6, 6.07) is 17.9. The highest BCUT2D eigenvalue weighted by Gasteiger charge is 2.32. The van der Waals surface area contributed by atoms with Crippen molar-refractivity contribution >= 4 is 35.3 Å². The van der Waals surface area contributed by atoms with E-state index >= 15 is 0 Å². The van der Waals surface area contributed by atoms with Gasteiger partial charge in [-0.1, -0.05) is 18.2 Å². The molecule has 0 aliphatic heterocycles. The number of halogens is 3. The number of nitrogens with two attached hydrogens (primary N) is 2. The molecule has 10 heteroatoms. The molecule has 0 aliphatic rings. The first-order valence-electron chi connectivity index (χ1n) is 10.0. The first-order chi connectivity index (χ1) is 16.2. The number of rotatable bonds is 6. The van der Waals surface area contributed by atoms with Gasteiger partial charge in [-0.15, -0.1) is 0 Å². The van der Waals surface area contributed by atoms with Crippen LogP contribution in [0.25, 0.3) is 12.2 Å². The van der Waals surface area contributed by atoms with E-state index in [2.05, 4.69) is 20.3 Å².